The Morgan fingerprint density at radius 1 is 1.33 bits per heavy atom. The van der Waals surface area contributed by atoms with Gasteiger partial charge in [-0.25, -0.2) is 0 Å². The minimum Gasteiger partial charge on any atom is -0.461 e. The molecule has 1 aromatic carbocycles. The molecule has 0 spiro atoms. The van der Waals surface area contributed by atoms with Gasteiger partial charge in [0, 0.05) is 42.9 Å². The van der Waals surface area contributed by atoms with Crippen LogP contribution in [0.1, 0.15) is 36.7 Å². The molecule has 0 heterocycles. The van der Waals surface area contributed by atoms with Crippen molar-refractivity contribution in [2.24, 2.45) is 5.73 Å². The molecule has 1 rings (SSSR count). The van der Waals surface area contributed by atoms with Crippen LogP contribution >= 0.6 is 0 Å². The largest absolute Gasteiger partial charge is 0.461 e. The number of rotatable bonds is 7. The fourth-order valence-corrected chi connectivity index (χ4v) is 1.80. The van der Waals surface area contributed by atoms with Gasteiger partial charge >= 0.3 is 5.97 Å². The van der Waals surface area contributed by atoms with Gasteiger partial charge in [-0.3, -0.25) is 9.59 Å². The summed E-state index contributed by atoms with van der Waals surface area (Å²) in [5.74, 6) is -0.609. The van der Waals surface area contributed by atoms with Crippen LogP contribution in [0.3, 0.4) is 0 Å². The zero-order valence-corrected chi connectivity index (χ0v) is 12.7. The molecule has 4 N–H and O–H groups in total. The molecule has 0 unspecified atom stereocenters. The van der Waals surface area contributed by atoms with Crippen molar-refractivity contribution in [3.05, 3.63) is 29.3 Å². The van der Waals surface area contributed by atoms with Gasteiger partial charge in [0.25, 0.3) is 5.91 Å². The molecule has 0 aliphatic carbocycles. The van der Waals surface area contributed by atoms with E-state index in [1.807, 2.05) is 19.9 Å². The van der Waals surface area contributed by atoms with Crippen molar-refractivity contribution < 1.29 is 14.3 Å². The fraction of sp³-hybridized carbons (Fsp3) is 0.467. The number of benzene rings is 1. The van der Waals surface area contributed by atoms with Gasteiger partial charge in [0.1, 0.15) is 6.61 Å². The van der Waals surface area contributed by atoms with E-state index < -0.39 is 0 Å². The second-order valence-corrected chi connectivity index (χ2v) is 5.00. The second kappa shape index (κ2) is 8.26. The van der Waals surface area contributed by atoms with Crippen LogP contribution in [0.15, 0.2) is 18.2 Å². The van der Waals surface area contributed by atoms with Crippen molar-refractivity contribution in [2.75, 3.05) is 18.4 Å². The number of amides is 1. The molecule has 0 saturated heterocycles. The van der Waals surface area contributed by atoms with E-state index in [-0.39, 0.29) is 24.5 Å². The molecule has 1 amide bonds. The monoisotopic (exact) mass is 293 g/mol. The molecule has 6 heteroatoms. The number of carbonyl (C=O) groups is 2. The van der Waals surface area contributed by atoms with E-state index >= 15 is 0 Å². The average Bonchev–Trinajstić information content (AvgIpc) is 2.42. The Morgan fingerprint density at radius 3 is 2.62 bits per heavy atom. The van der Waals surface area contributed by atoms with Crippen LogP contribution in [-0.2, 0) is 16.1 Å². The molecular weight excluding hydrogens is 270 g/mol. The SMILES string of the molecule is CC(=O)OCc1ccc(NC(C)C)cc1C(=O)NCCN. The molecule has 0 bridgehead atoms. The van der Waals surface area contributed by atoms with E-state index in [1.54, 1.807) is 12.1 Å². The summed E-state index contributed by atoms with van der Waals surface area (Å²) in [6.07, 6.45) is 0. The van der Waals surface area contributed by atoms with Crippen LogP contribution in [0, 0.1) is 0 Å². The molecule has 0 aliphatic rings. The van der Waals surface area contributed by atoms with Crippen molar-refractivity contribution in [1.29, 1.82) is 0 Å². The lowest BCUT2D eigenvalue weighted by Gasteiger charge is -2.15. The van der Waals surface area contributed by atoms with Gasteiger partial charge in [0.15, 0.2) is 0 Å². The molecule has 0 saturated carbocycles. The summed E-state index contributed by atoms with van der Waals surface area (Å²) in [6.45, 7) is 6.20. The van der Waals surface area contributed by atoms with Gasteiger partial charge in [-0.2, -0.15) is 0 Å². The minimum absolute atomic E-state index is 0.0721. The molecule has 116 valence electrons. The number of ether oxygens (including phenoxy) is 1. The van der Waals surface area contributed by atoms with E-state index in [2.05, 4.69) is 10.6 Å². The van der Waals surface area contributed by atoms with E-state index in [9.17, 15) is 9.59 Å². The van der Waals surface area contributed by atoms with Crippen LogP contribution < -0.4 is 16.4 Å². The summed E-state index contributed by atoms with van der Waals surface area (Å²) in [4.78, 5) is 23.1. The Balaban J connectivity index is 2.99. The Labute approximate surface area is 125 Å². The van der Waals surface area contributed by atoms with Crippen molar-refractivity contribution in [3.8, 4) is 0 Å². The lowest BCUT2D eigenvalue weighted by Crippen LogP contribution is -2.30. The van der Waals surface area contributed by atoms with Gasteiger partial charge in [-0.1, -0.05) is 6.07 Å². The molecule has 0 aromatic heterocycles. The predicted octanol–water partition coefficient (Wildman–Crippen LogP) is 1.26. The van der Waals surface area contributed by atoms with Crippen molar-refractivity contribution >= 4 is 17.6 Å². The predicted molar refractivity (Wildman–Crippen MR) is 82.1 cm³/mol. The van der Waals surface area contributed by atoms with E-state index in [1.165, 1.54) is 6.92 Å². The maximum absolute atomic E-state index is 12.2. The smallest absolute Gasteiger partial charge is 0.302 e. The number of nitrogens with two attached hydrogens (primary N) is 1. The number of nitrogens with one attached hydrogen (secondary N) is 2. The molecular formula is C15H23N3O3. The molecule has 6 nitrogen and oxygen atoms in total. The number of hydrogen-bond donors (Lipinski definition) is 3. The Kier molecular flexibility index (Phi) is 6.68. The lowest BCUT2D eigenvalue weighted by molar-refractivity contribution is -0.142. The van der Waals surface area contributed by atoms with Crippen LogP contribution in [0.25, 0.3) is 0 Å². The summed E-state index contributed by atoms with van der Waals surface area (Å²) >= 11 is 0. The normalized spacial score (nSPS) is 10.3. The molecule has 21 heavy (non-hydrogen) atoms. The van der Waals surface area contributed by atoms with E-state index in [0.29, 0.717) is 24.2 Å². The van der Waals surface area contributed by atoms with E-state index in [4.69, 9.17) is 10.5 Å². The van der Waals surface area contributed by atoms with Crippen molar-refractivity contribution in [2.45, 2.75) is 33.4 Å². The van der Waals surface area contributed by atoms with Gasteiger partial charge < -0.3 is 21.1 Å². The van der Waals surface area contributed by atoms with E-state index in [0.717, 1.165) is 5.69 Å². The summed E-state index contributed by atoms with van der Waals surface area (Å²) in [5.41, 5.74) is 7.38. The summed E-state index contributed by atoms with van der Waals surface area (Å²) in [7, 11) is 0. The zero-order valence-electron chi connectivity index (χ0n) is 12.7. The van der Waals surface area contributed by atoms with Crippen LogP contribution in [0.2, 0.25) is 0 Å². The number of carbonyl (C=O) groups excluding carboxylic acids is 2. The highest BCUT2D eigenvalue weighted by atomic mass is 16.5. The summed E-state index contributed by atoms with van der Waals surface area (Å²) in [5, 5.41) is 5.96. The average molecular weight is 293 g/mol. The second-order valence-electron chi connectivity index (χ2n) is 5.00. The highest BCUT2D eigenvalue weighted by Gasteiger charge is 2.13. The molecule has 0 fully saturated rings. The molecule has 0 radical (unpaired) electrons. The molecule has 1 aromatic rings. The highest BCUT2D eigenvalue weighted by Crippen LogP contribution is 2.18. The first-order valence-electron chi connectivity index (χ1n) is 6.95. The van der Waals surface area contributed by atoms with Gasteiger partial charge in [0.2, 0.25) is 0 Å². The quantitative estimate of drug-likeness (QED) is 0.658. The number of esters is 1. The third-order valence-electron chi connectivity index (χ3n) is 2.67. The first-order chi connectivity index (χ1) is 9.93. The van der Waals surface area contributed by atoms with Crippen LogP contribution in [0.5, 0.6) is 0 Å². The Bertz CT molecular complexity index is 501. The zero-order chi connectivity index (χ0) is 15.8. The minimum atomic E-state index is -0.382. The first kappa shape index (κ1) is 17.0. The van der Waals surface area contributed by atoms with Gasteiger partial charge in [-0.05, 0) is 26.0 Å². The Hall–Kier alpha value is -2.08. The summed E-state index contributed by atoms with van der Waals surface area (Å²) in [6, 6.07) is 5.65. The lowest BCUT2D eigenvalue weighted by atomic mass is 10.1. The van der Waals surface area contributed by atoms with Crippen LogP contribution in [0.4, 0.5) is 5.69 Å². The first-order valence-corrected chi connectivity index (χ1v) is 6.95. The molecule has 0 atom stereocenters. The number of anilines is 1. The van der Waals surface area contributed by atoms with Gasteiger partial charge in [0.05, 0.1) is 0 Å². The molecule has 0 aliphatic heterocycles. The van der Waals surface area contributed by atoms with Crippen molar-refractivity contribution in [3.63, 3.8) is 0 Å². The van der Waals surface area contributed by atoms with Crippen molar-refractivity contribution in [1.82, 2.24) is 5.32 Å². The maximum Gasteiger partial charge on any atom is 0.302 e. The summed E-state index contributed by atoms with van der Waals surface area (Å²) < 4.78 is 4.98. The topological polar surface area (TPSA) is 93.4 Å². The third-order valence-corrected chi connectivity index (χ3v) is 2.67. The fourth-order valence-electron chi connectivity index (χ4n) is 1.80. The van der Waals surface area contributed by atoms with Crippen LogP contribution in [-0.4, -0.2) is 31.0 Å². The standard InChI is InChI=1S/C15H23N3O3/c1-10(2)18-13-5-4-12(9-21-11(3)19)14(8-13)15(20)17-7-6-16/h4-5,8,10,18H,6-7,9,16H2,1-3H3,(H,17,20). The van der Waals surface area contributed by atoms with Gasteiger partial charge in [-0.15, -0.1) is 0 Å². The third kappa shape index (κ3) is 5.83. The maximum atomic E-state index is 12.2. The number of hydrogen-bond acceptors (Lipinski definition) is 5. The Morgan fingerprint density at radius 2 is 2.05 bits per heavy atom. The highest BCUT2D eigenvalue weighted by molar-refractivity contribution is 5.96.